The number of aromatic amines is 1. The molecule has 0 atom stereocenters. The summed E-state index contributed by atoms with van der Waals surface area (Å²) in [6.07, 6.45) is 0. The van der Waals surface area contributed by atoms with Crippen LogP contribution in [-0.2, 0) is 0 Å². The van der Waals surface area contributed by atoms with E-state index in [0.29, 0.717) is 16.9 Å². The Bertz CT molecular complexity index is 878. The third kappa shape index (κ3) is 2.39. The van der Waals surface area contributed by atoms with Crippen molar-refractivity contribution in [3.63, 3.8) is 0 Å². The minimum absolute atomic E-state index is 0.0794. The van der Waals surface area contributed by atoms with Crippen LogP contribution in [0, 0.1) is 6.92 Å². The molecule has 2 aromatic carbocycles. The number of aryl methyl sites for hydroxylation is 1. The predicted molar refractivity (Wildman–Crippen MR) is 87.4 cm³/mol. The van der Waals surface area contributed by atoms with Crippen molar-refractivity contribution in [1.29, 1.82) is 0 Å². The summed E-state index contributed by atoms with van der Waals surface area (Å²) in [5, 5.41) is 3.84. The lowest BCUT2D eigenvalue weighted by Gasteiger charge is -2.08. The van der Waals surface area contributed by atoms with Gasteiger partial charge < -0.3 is 10.3 Å². The van der Waals surface area contributed by atoms with Gasteiger partial charge in [0.2, 0.25) is 0 Å². The molecule has 0 spiro atoms. The summed E-state index contributed by atoms with van der Waals surface area (Å²) in [4.78, 5) is 27.3. The smallest absolute Gasteiger partial charge is 0.272 e. The molecule has 1 aromatic heterocycles. The molecule has 0 saturated heterocycles. The maximum Gasteiger partial charge on any atom is 0.272 e. The minimum atomic E-state index is -0.248. The lowest BCUT2D eigenvalue weighted by Crippen LogP contribution is -2.15. The highest BCUT2D eigenvalue weighted by Crippen LogP contribution is 2.23. The van der Waals surface area contributed by atoms with E-state index in [1.807, 2.05) is 31.2 Å². The van der Waals surface area contributed by atoms with Gasteiger partial charge in [-0.05, 0) is 37.6 Å². The second-order valence-corrected chi connectivity index (χ2v) is 5.23. The highest BCUT2D eigenvalue weighted by atomic mass is 16.2. The first-order valence-corrected chi connectivity index (χ1v) is 7.06. The lowest BCUT2D eigenvalue weighted by molar-refractivity contribution is 0.101. The van der Waals surface area contributed by atoms with E-state index in [4.69, 9.17) is 0 Å². The molecule has 2 N–H and O–H groups in total. The van der Waals surface area contributed by atoms with Crippen molar-refractivity contribution >= 4 is 28.3 Å². The van der Waals surface area contributed by atoms with E-state index in [0.717, 1.165) is 16.5 Å². The number of hydrogen-bond acceptors (Lipinski definition) is 2. The average molecular weight is 292 g/mol. The molecule has 3 rings (SSSR count). The number of carbonyl (C=O) groups is 2. The Morgan fingerprint density at radius 3 is 2.41 bits per heavy atom. The number of aromatic nitrogens is 1. The van der Waals surface area contributed by atoms with E-state index in [1.54, 1.807) is 24.3 Å². The quantitative estimate of drug-likeness (QED) is 0.718. The number of H-pyrrole nitrogens is 1. The first-order chi connectivity index (χ1) is 10.6. The third-order valence-corrected chi connectivity index (χ3v) is 3.75. The Hall–Kier alpha value is -2.88. The number of para-hydroxylation sites is 2. The summed E-state index contributed by atoms with van der Waals surface area (Å²) in [6, 6.07) is 14.8. The van der Waals surface area contributed by atoms with Crippen LogP contribution in [0.15, 0.2) is 48.5 Å². The van der Waals surface area contributed by atoms with Crippen molar-refractivity contribution < 1.29 is 9.59 Å². The van der Waals surface area contributed by atoms with E-state index < -0.39 is 0 Å². The number of rotatable bonds is 3. The van der Waals surface area contributed by atoms with E-state index in [1.165, 1.54) is 6.92 Å². The monoisotopic (exact) mass is 292 g/mol. The Balaban J connectivity index is 1.98. The standard InChI is InChI=1S/C18H16N2O2/c1-11-13-7-3-5-9-15(13)19-17(11)18(22)20-16-10-6-4-8-14(16)12(2)21/h3-10,19H,1-2H3,(H,20,22). The second kappa shape index (κ2) is 5.48. The zero-order valence-corrected chi connectivity index (χ0v) is 12.4. The van der Waals surface area contributed by atoms with Gasteiger partial charge >= 0.3 is 0 Å². The molecule has 110 valence electrons. The minimum Gasteiger partial charge on any atom is -0.350 e. The molecular formula is C18H16N2O2. The van der Waals surface area contributed by atoms with Gasteiger partial charge in [0.05, 0.1) is 5.69 Å². The van der Waals surface area contributed by atoms with Crippen molar-refractivity contribution in [2.45, 2.75) is 13.8 Å². The van der Waals surface area contributed by atoms with Crippen LogP contribution in [0.4, 0.5) is 5.69 Å². The van der Waals surface area contributed by atoms with E-state index >= 15 is 0 Å². The molecule has 0 bridgehead atoms. The molecule has 4 heteroatoms. The van der Waals surface area contributed by atoms with Gasteiger partial charge in [0, 0.05) is 16.5 Å². The van der Waals surface area contributed by atoms with Crippen molar-refractivity contribution in [1.82, 2.24) is 4.98 Å². The number of anilines is 1. The van der Waals surface area contributed by atoms with Gasteiger partial charge in [-0.1, -0.05) is 30.3 Å². The summed E-state index contributed by atoms with van der Waals surface area (Å²) in [5.41, 5.74) is 3.36. The van der Waals surface area contributed by atoms with Crippen LogP contribution in [-0.4, -0.2) is 16.7 Å². The van der Waals surface area contributed by atoms with Crippen molar-refractivity contribution in [2.24, 2.45) is 0 Å². The molecular weight excluding hydrogens is 276 g/mol. The summed E-state index contributed by atoms with van der Waals surface area (Å²) in [6.45, 7) is 3.39. The molecule has 0 fully saturated rings. The zero-order valence-electron chi connectivity index (χ0n) is 12.4. The highest BCUT2D eigenvalue weighted by Gasteiger charge is 2.16. The molecule has 1 amide bonds. The summed E-state index contributed by atoms with van der Waals surface area (Å²) in [7, 11) is 0. The van der Waals surface area contributed by atoms with Gasteiger partial charge in [-0.25, -0.2) is 0 Å². The Morgan fingerprint density at radius 1 is 1.00 bits per heavy atom. The van der Waals surface area contributed by atoms with Crippen LogP contribution >= 0.6 is 0 Å². The normalized spacial score (nSPS) is 10.6. The van der Waals surface area contributed by atoms with Gasteiger partial charge in [-0.3, -0.25) is 9.59 Å². The van der Waals surface area contributed by atoms with Crippen LogP contribution in [0.3, 0.4) is 0 Å². The van der Waals surface area contributed by atoms with Crippen LogP contribution < -0.4 is 5.32 Å². The number of hydrogen-bond donors (Lipinski definition) is 2. The summed E-state index contributed by atoms with van der Waals surface area (Å²) in [5.74, 6) is -0.327. The number of carbonyl (C=O) groups excluding carboxylic acids is 2. The molecule has 1 heterocycles. The molecule has 22 heavy (non-hydrogen) atoms. The first-order valence-electron chi connectivity index (χ1n) is 7.06. The fraction of sp³-hybridized carbons (Fsp3) is 0.111. The topological polar surface area (TPSA) is 62.0 Å². The van der Waals surface area contributed by atoms with Gasteiger partial charge in [0.1, 0.15) is 5.69 Å². The maximum atomic E-state index is 12.5. The van der Waals surface area contributed by atoms with E-state index in [-0.39, 0.29) is 11.7 Å². The number of Topliss-reactive ketones (excluding diaryl/α,β-unsaturated/α-hetero) is 1. The second-order valence-electron chi connectivity index (χ2n) is 5.23. The fourth-order valence-electron chi connectivity index (χ4n) is 2.59. The number of nitrogens with one attached hydrogen (secondary N) is 2. The van der Waals surface area contributed by atoms with Crippen LogP contribution in [0.25, 0.3) is 10.9 Å². The van der Waals surface area contributed by atoms with Crippen molar-refractivity contribution in [3.8, 4) is 0 Å². The van der Waals surface area contributed by atoms with Crippen molar-refractivity contribution in [3.05, 3.63) is 65.4 Å². The predicted octanol–water partition coefficient (Wildman–Crippen LogP) is 3.93. The molecule has 0 saturated carbocycles. The lowest BCUT2D eigenvalue weighted by atomic mass is 10.1. The third-order valence-electron chi connectivity index (χ3n) is 3.75. The van der Waals surface area contributed by atoms with E-state index in [2.05, 4.69) is 10.3 Å². The molecule has 0 aliphatic carbocycles. The molecule has 0 radical (unpaired) electrons. The number of ketones is 1. The number of benzene rings is 2. The highest BCUT2D eigenvalue weighted by molar-refractivity contribution is 6.11. The maximum absolute atomic E-state index is 12.5. The average Bonchev–Trinajstić information content (AvgIpc) is 2.85. The number of fused-ring (bicyclic) bond motifs is 1. The van der Waals surface area contributed by atoms with E-state index in [9.17, 15) is 9.59 Å². The summed E-state index contributed by atoms with van der Waals surface area (Å²) >= 11 is 0. The van der Waals surface area contributed by atoms with Crippen LogP contribution in [0.2, 0.25) is 0 Å². The largest absolute Gasteiger partial charge is 0.350 e. The molecule has 0 aliphatic heterocycles. The Kier molecular flexibility index (Phi) is 3.51. The summed E-state index contributed by atoms with van der Waals surface area (Å²) < 4.78 is 0. The van der Waals surface area contributed by atoms with Gasteiger partial charge in [-0.2, -0.15) is 0 Å². The van der Waals surface area contributed by atoms with Gasteiger partial charge in [0.15, 0.2) is 5.78 Å². The molecule has 0 unspecified atom stereocenters. The zero-order chi connectivity index (χ0) is 15.7. The van der Waals surface area contributed by atoms with Gasteiger partial charge in [0.25, 0.3) is 5.91 Å². The van der Waals surface area contributed by atoms with Crippen LogP contribution in [0.1, 0.15) is 33.3 Å². The Morgan fingerprint density at radius 2 is 1.68 bits per heavy atom. The van der Waals surface area contributed by atoms with Gasteiger partial charge in [-0.15, -0.1) is 0 Å². The molecule has 0 aliphatic rings. The Labute approximate surface area is 128 Å². The SMILES string of the molecule is CC(=O)c1ccccc1NC(=O)c1[nH]c2ccccc2c1C. The first kappa shape index (κ1) is 14.1. The molecule has 4 nitrogen and oxygen atoms in total. The number of amides is 1. The van der Waals surface area contributed by atoms with Crippen molar-refractivity contribution in [2.75, 3.05) is 5.32 Å². The fourth-order valence-corrected chi connectivity index (χ4v) is 2.59. The van der Waals surface area contributed by atoms with Crippen LogP contribution in [0.5, 0.6) is 0 Å². The molecule has 3 aromatic rings.